The van der Waals surface area contributed by atoms with Crippen molar-refractivity contribution >= 4 is 0 Å². The Kier molecular flexibility index (Phi) is 2.23. The van der Waals surface area contributed by atoms with Gasteiger partial charge in [-0.25, -0.2) is 0 Å². The molecule has 13 heavy (non-hydrogen) atoms. The van der Waals surface area contributed by atoms with Crippen LogP contribution in [0.3, 0.4) is 0 Å². The first-order valence-corrected chi connectivity index (χ1v) is 4.64. The zero-order chi connectivity index (χ0) is 9.26. The lowest BCUT2D eigenvalue weighted by atomic mass is 9.89. The normalized spacial score (nSPS) is 20.9. The first-order chi connectivity index (χ1) is 6.31. The molecule has 2 heteroatoms. The van der Waals surface area contributed by atoms with Gasteiger partial charge in [-0.1, -0.05) is 12.1 Å². The predicted octanol–water partition coefficient (Wildman–Crippen LogP) is 1.54. The van der Waals surface area contributed by atoms with Crippen molar-refractivity contribution in [3.63, 3.8) is 0 Å². The molecule has 0 aliphatic heterocycles. The fourth-order valence-corrected chi connectivity index (χ4v) is 1.94. The molecular formula is C11H14O2. The minimum absolute atomic E-state index is 0.167. The van der Waals surface area contributed by atoms with Gasteiger partial charge in [0.15, 0.2) is 0 Å². The van der Waals surface area contributed by atoms with Crippen molar-refractivity contribution in [2.45, 2.75) is 25.4 Å². The molecule has 0 heterocycles. The average Bonchev–Trinajstić information content (AvgIpc) is 2.16. The second kappa shape index (κ2) is 3.38. The van der Waals surface area contributed by atoms with Crippen molar-refractivity contribution in [2.24, 2.45) is 0 Å². The van der Waals surface area contributed by atoms with Gasteiger partial charge >= 0.3 is 0 Å². The fourth-order valence-electron chi connectivity index (χ4n) is 1.94. The monoisotopic (exact) mass is 178 g/mol. The van der Waals surface area contributed by atoms with E-state index >= 15 is 0 Å². The van der Waals surface area contributed by atoms with Crippen molar-refractivity contribution in [1.29, 1.82) is 0 Å². The summed E-state index contributed by atoms with van der Waals surface area (Å²) >= 11 is 0. The van der Waals surface area contributed by atoms with Gasteiger partial charge < -0.3 is 9.84 Å². The van der Waals surface area contributed by atoms with Gasteiger partial charge in [0.2, 0.25) is 0 Å². The van der Waals surface area contributed by atoms with Gasteiger partial charge in [0.05, 0.1) is 13.2 Å². The molecule has 1 atom stereocenters. The van der Waals surface area contributed by atoms with Gasteiger partial charge in [-0.15, -0.1) is 0 Å². The molecule has 2 rings (SSSR count). The first kappa shape index (κ1) is 8.57. The van der Waals surface area contributed by atoms with Crippen LogP contribution < -0.4 is 4.74 Å². The molecule has 0 spiro atoms. The minimum atomic E-state index is -0.167. The number of rotatable bonds is 1. The lowest BCUT2D eigenvalue weighted by Gasteiger charge is -2.22. The summed E-state index contributed by atoms with van der Waals surface area (Å²) in [5, 5.41) is 9.48. The van der Waals surface area contributed by atoms with Crippen molar-refractivity contribution < 1.29 is 9.84 Å². The highest BCUT2D eigenvalue weighted by atomic mass is 16.5. The van der Waals surface area contributed by atoms with Crippen LogP contribution in [0, 0.1) is 0 Å². The Bertz CT molecular complexity index is 307. The van der Waals surface area contributed by atoms with Crippen LogP contribution in [-0.4, -0.2) is 18.3 Å². The minimum Gasteiger partial charge on any atom is -0.496 e. The molecule has 0 radical (unpaired) electrons. The van der Waals surface area contributed by atoms with E-state index in [-0.39, 0.29) is 6.10 Å². The molecule has 0 fully saturated rings. The number of hydrogen-bond donors (Lipinski definition) is 1. The summed E-state index contributed by atoms with van der Waals surface area (Å²) in [6.45, 7) is 0. The highest BCUT2D eigenvalue weighted by Gasteiger charge is 2.18. The fraction of sp³-hybridized carbons (Fsp3) is 0.455. The number of benzene rings is 1. The Balaban J connectivity index is 2.39. The van der Waals surface area contributed by atoms with Gasteiger partial charge in [0.25, 0.3) is 0 Å². The molecule has 0 aromatic heterocycles. The summed E-state index contributed by atoms with van der Waals surface area (Å²) in [5.74, 6) is 0.962. The maximum absolute atomic E-state index is 9.48. The Morgan fingerprint density at radius 1 is 1.46 bits per heavy atom. The smallest absolute Gasteiger partial charge is 0.122 e. The molecule has 0 unspecified atom stereocenters. The van der Waals surface area contributed by atoms with E-state index in [1.807, 2.05) is 12.1 Å². The van der Waals surface area contributed by atoms with Crippen LogP contribution in [0.1, 0.15) is 17.5 Å². The number of ether oxygens (including phenoxy) is 1. The average molecular weight is 178 g/mol. The van der Waals surface area contributed by atoms with Gasteiger partial charge in [-0.05, 0) is 36.5 Å². The lowest BCUT2D eigenvalue weighted by molar-refractivity contribution is 0.158. The second-order valence-electron chi connectivity index (χ2n) is 3.49. The highest BCUT2D eigenvalue weighted by Crippen LogP contribution is 2.29. The molecule has 0 amide bonds. The number of methoxy groups -OCH3 is 1. The van der Waals surface area contributed by atoms with Gasteiger partial charge in [0.1, 0.15) is 5.75 Å². The topological polar surface area (TPSA) is 29.5 Å². The van der Waals surface area contributed by atoms with Crippen molar-refractivity contribution in [2.75, 3.05) is 7.11 Å². The largest absolute Gasteiger partial charge is 0.496 e. The maximum Gasteiger partial charge on any atom is 0.122 e. The SMILES string of the molecule is COc1cccc2c1CC[C@@H](O)C2. The number of hydrogen-bond acceptors (Lipinski definition) is 2. The molecule has 1 N–H and O–H groups in total. The van der Waals surface area contributed by atoms with E-state index in [0.29, 0.717) is 0 Å². The first-order valence-electron chi connectivity index (χ1n) is 4.64. The third-order valence-corrected chi connectivity index (χ3v) is 2.63. The number of aliphatic hydroxyl groups excluding tert-OH is 1. The number of aliphatic hydroxyl groups is 1. The molecule has 0 bridgehead atoms. The summed E-state index contributed by atoms with van der Waals surface area (Å²) < 4.78 is 5.27. The lowest BCUT2D eigenvalue weighted by Crippen LogP contribution is -2.18. The van der Waals surface area contributed by atoms with Crippen molar-refractivity contribution in [3.05, 3.63) is 29.3 Å². The molecule has 1 aliphatic rings. The molecule has 70 valence electrons. The second-order valence-corrected chi connectivity index (χ2v) is 3.49. The summed E-state index contributed by atoms with van der Waals surface area (Å²) in [6, 6.07) is 6.03. The third kappa shape index (κ3) is 1.54. The Morgan fingerprint density at radius 2 is 2.31 bits per heavy atom. The standard InChI is InChI=1S/C11H14O2/c1-13-11-4-2-3-8-7-9(12)5-6-10(8)11/h2-4,9,12H,5-7H2,1H3/t9-/m1/s1. The quantitative estimate of drug-likeness (QED) is 0.707. The van der Waals surface area contributed by atoms with Gasteiger partial charge in [-0.3, -0.25) is 0 Å². The van der Waals surface area contributed by atoms with Crippen LogP contribution in [0.5, 0.6) is 5.75 Å². The molecule has 1 aromatic carbocycles. The summed E-state index contributed by atoms with van der Waals surface area (Å²) in [7, 11) is 1.70. The summed E-state index contributed by atoms with van der Waals surface area (Å²) in [6.07, 6.45) is 2.39. The molecule has 0 saturated heterocycles. The van der Waals surface area contributed by atoms with Crippen LogP contribution in [0.2, 0.25) is 0 Å². The zero-order valence-corrected chi connectivity index (χ0v) is 7.79. The Morgan fingerprint density at radius 3 is 3.08 bits per heavy atom. The Labute approximate surface area is 78.2 Å². The molecule has 1 aliphatic carbocycles. The van der Waals surface area contributed by atoms with Crippen LogP contribution in [0.25, 0.3) is 0 Å². The molecule has 1 aromatic rings. The summed E-state index contributed by atoms with van der Waals surface area (Å²) in [5.41, 5.74) is 2.51. The van der Waals surface area contributed by atoms with Crippen LogP contribution in [-0.2, 0) is 12.8 Å². The Hall–Kier alpha value is -1.02. The van der Waals surface area contributed by atoms with Crippen LogP contribution in [0.4, 0.5) is 0 Å². The highest BCUT2D eigenvalue weighted by molar-refractivity contribution is 5.42. The van der Waals surface area contributed by atoms with E-state index in [0.717, 1.165) is 25.0 Å². The van der Waals surface area contributed by atoms with E-state index in [1.165, 1.54) is 11.1 Å². The van der Waals surface area contributed by atoms with E-state index in [2.05, 4.69) is 6.07 Å². The maximum atomic E-state index is 9.48. The van der Waals surface area contributed by atoms with E-state index in [4.69, 9.17) is 4.74 Å². The third-order valence-electron chi connectivity index (χ3n) is 2.63. The molecule has 2 nitrogen and oxygen atoms in total. The van der Waals surface area contributed by atoms with E-state index in [9.17, 15) is 5.11 Å². The van der Waals surface area contributed by atoms with Gasteiger partial charge in [-0.2, -0.15) is 0 Å². The summed E-state index contributed by atoms with van der Waals surface area (Å²) in [4.78, 5) is 0. The van der Waals surface area contributed by atoms with Crippen molar-refractivity contribution in [3.8, 4) is 5.75 Å². The van der Waals surface area contributed by atoms with Crippen molar-refractivity contribution in [1.82, 2.24) is 0 Å². The van der Waals surface area contributed by atoms with Crippen LogP contribution in [0.15, 0.2) is 18.2 Å². The molecular weight excluding hydrogens is 164 g/mol. The van der Waals surface area contributed by atoms with Gasteiger partial charge in [0, 0.05) is 0 Å². The van der Waals surface area contributed by atoms with E-state index < -0.39 is 0 Å². The number of fused-ring (bicyclic) bond motifs is 1. The predicted molar refractivity (Wildman–Crippen MR) is 51.0 cm³/mol. The zero-order valence-electron chi connectivity index (χ0n) is 7.79. The van der Waals surface area contributed by atoms with E-state index in [1.54, 1.807) is 7.11 Å². The van der Waals surface area contributed by atoms with Crippen LogP contribution >= 0.6 is 0 Å². The molecule has 0 saturated carbocycles.